The maximum absolute atomic E-state index is 11.6. The number of nitrogen functional groups attached to an aromatic ring is 1. The fourth-order valence-corrected chi connectivity index (χ4v) is 1.21. The van der Waals surface area contributed by atoms with Crippen LogP contribution in [-0.2, 0) is 9.53 Å². The molecule has 0 aromatic carbocycles. The molecule has 1 aromatic rings. The average molecular weight is 252 g/mol. The lowest BCUT2D eigenvalue weighted by Gasteiger charge is -2.08. The van der Waals surface area contributed by atoms with Gasteiger partial charge in [-0.3, -0.25) is 4.79 Å². The van der Waals surface area contributed by atoms with Crippen molar-refractivity contribution in [2.45, 2.75) is 6.92 Å². The number of hydrogen-bond acceptors (Lipinski definition) is 6. The summed E-state index contributed by atoms with van der Waals surface area (Å²) in [6.07, 6.45) is 1.35. The Balaban J connectivity index is 2.80. The number of aromatic nitrogens is 1. The van der Waals surface area contributed by atoms with E-state index < -0.39 is 5.97 Å². The van der Waals surface area contributed by atoms with Gasteiger partial charge in [-0.25, -0.2) is 9.78 Å². The number of hydrogen-bond donors (Lipinski definition) is 3. The first-order valence-electron chi connectivity index (χ1n) is 5.45. The Morgan fingerprint density at radius 1 is 1.50 bits per heavy atom. The van der Waals surface area contributed by atoms with E-state index in [-0.39, 0.29) is 30.3 Å². The number of nitrogens with one attached hydrogen (secondary N) is 2. The molecule has 0 spiro atoms. The summed E-state index contributed by atoms with van der Waals surface area (Å²) in [5.74, 6) is -0.317. The minimum absolute atomic E-state index is 0.0652. The van der Waals surface area contributed by atoms with E-state index in [1.165, 1.54) is 19.3 Å². The molecule has 0 atom stereocenters. The van der Waals surface area contributed by atoms with Crippen LogP contribution in [0.3, 0.4) is 0 Å². The molecule has 0 saturated heterocycles. The van der Waals surface area contributed by atoms with Gasteiger partial charge in [0.1, 0.15) is 5.82 Å². The maximum atomic E-state index is 11.6. The molecule has 1 aromatic heterocycles. The van der Waals surface area contributed by atoms with Crippen molar-refractivity contribution in [3.8, 4) is 0 Å². The summed E-state index contributed by atoms with van der Waals surface area (Å²) in [6.45, 7) is 2.04. The third kappa shape index (κ3) is 3.62. The van der Waals surface area contributed by atoms with Crippen LogP contribution in [0.2, 0.25) is 0 Å². The second-order valence-corrected chi connectivity index (χ2v) is 3.40. The van der Waals surface area contributed by atoms with Gasteiger partial charge in [-0.2, -0.15) is 0 Å². The van der Waals surface area contributed by atoms with Gasteiger partial charge in [0.2, 0.25) is 5.91 Å². The van der Waals surface area contributed by atoms with E-state index in [1.807, 2.05) is 0 Å². The summed E-state index contributed by atoms with van der Waals surface area (Å²) in [5.41, 5.74) is 6.10. The Kier molecular flexibility index (Phi) is 4.91. The van der Waals surface area contributed by atoms with Gasteiger partial charge in [-0.15, -0.1) is 0 Å². The second kappa shape index (κ2) is 6.43. The number of anilines is 2. The molecule has 98 valence electrons. The van der Waals surface area contributed by atoms with Gasteiger partial charge >= 0.3 is 5.97 Å². The number of pyridine rings is 1. The van der Waals surface area contributed by atoms with Crippen molar-refractivity contribution in [1.29, 1.82) is 0 Å². The molecule has 1 rings (SSSR count). The van der Waals surface area contributed by atoms with E-state index in [4.69, 9.17) is 10.5 Å². The number of rotatable bonds is 5. The average Bonchev–Trinajstić information content (AvgIpc) is 2.37. The number of carbonyl (C=O) groups is 2. The first kappa shape index (κ1) is 13.8. The molecule has 0 bridgehead atoms. The summed E-state index contributed by atoms with van der Waals surface area (Å²) in [5, 5.41) is 5.23. The fourth-order valence-electron chi connectivity index (χ4n) is 1.21. The van der Waals surface area contributed by atoms with Crippen LogP contribution in [0.15, 0.2) is 12.3 Å². The smallest absolute Gasteiger partial charge is 0.340 e. The lowest BCUT2D eigenvalue weighted by Crippen LogP contribution is -2.26. The van der Waals surface area contributed by atoms with Crippen LogP contribution in [0.25, 0.3) is 0 Å². The molecule has 18 heavy (non-hydrogen) atoms. The summed E-state index contributed by atoms with van der Waals surface area (Å²) < 4.78 is 4.86. The van der Waals surface area contributed by atoms with Crippen LogP contribution in [-0.4, -0.2) is 37.1 Å². The largest absolute Gasteiger partial charge is 0.462 e. The molecule has 0 aliphatic carbocycles. The third-order valence-electron chi connectivity index (χ3n) is 2.14. The van der Waals surface area contributed by atoms with Crippen LogP contribution in [0.5, 0.6) is 0 Å². The van der Waals surface area contributed by atoms with E-state index in [1.54, 1.807) is 6.92 Å². The van der Waals surface area contributed by atoms with E-state index in [0.29, 0.717) is 5.82 Å². The predicted molar refractivity (Wildman–Crippen MR) is 67.2 cm³/mol. The monoisotopic (exact) mass is 252 g/mol. The van der Waals surface area contributed by atoms with Gasteiger partial charge in [-0.1, -0.05) is 0 Å². The Morgan fingerprint density at radius 2 is 2.22 bits per heavy atom. The van der Waals surface area contributed by atoms with Crippen LogP contribution < -0.4 is 16.4 Å². The van der Waals surface area contributed by atoms with Crippen LogP contribution >= 0.6 is 0 Å². The molecule has 0 saturated carbocycles. The highest BCUT2D eigenvalue weighted by Crippen LogP contribution is 2.15. The predicted octanol–water partition coefficient (Wildman–Crippen LogP) is -0.00160. The lowest BCUT2D eigenvalue weighted by molar-refractivity contribution is -0.118. The van der Waals surface area contributed by atoms with Crippen molar-refractivity contribution in [1.82, 2.24) is 10.3 Å². The van der Waals surface area contributed by atoms with Gasteiger partial charge in [0, 0.05) is 7.05 Å². The minimum atomic E-state index is -0.514. The van der Waals surface area contributed by atoms with Gasteiger partial charge < -0.3 is 21.1 Å². The standard InChI is InChI=1S/C11H16N4O3/c1-3-18-11(17)7-4-9(14-5-8(7)12)15-6-10(16)13-2/h4-5H,3,6,12H2,1-2H3,(H,13,16)(H,14,15). The lowest BCUT2D eigenvalue weighted by atomic mass is 10.2. The first-order valence-corrected chi connectivity index (χ1v) is 5.45. The van der Waals surface area contributed by atoms with Gasteiger partial charge in [0.15, 0.2) is 0 Å². The summed E-state index contributed by atoms with van der Waals surface area (Å²) in [7, 11) is 1.53. The topological polar surface area (TPSA) is 106 Å². The molecular weight excluding hydrogens is 236 g/mol. The molecule has 0 fully saturated rings. The zero-order valence-electron chi connectivity index (χ0n) is 10.3. The number of amides is 1. The molecule has 4 N–H and O–H groups in total. The van der Waals surface area contributed by atoms with Gasteiger partial charge in [0.05, 0.1) is 30.6 Å². The Morgan fingerprint density at radius 3 is 2.83 bits per heavy atom. The molecule has 0 aliphatic rings. The Hall–Kier alpha value is -2.31. The number of likely N-dealkylation sites (N-methyl/N-ethyl adjacent to an activating group) is 1. The number of nitrogens with zero attached hydrogens (tertiary/aromatic N) is 1. The Labute approximate surface area is 105 Å². The van der Waals surface area contributed by atoms with Crippen molar-refractivity contribution < 1.29 is 14.3 Å². The Bertz CT molecular complexity index is 448. The van der Waals surface area contributed by atoms with E-state index in [9.17, 15) is 9.59 Å². The molecule has 0 aliphatic heterocycles. The first-order chi connectivity index (χ1) is 8.58. The quantitative estimate of drug-likeness (QED) is 0.637. The molecule has 7 nitrogen and oxygen atoms in total. The zero-order chi connectivity index (χ0) is 13.5. The van der Waals surface area contributed by atoms with E-state index in [2.05, 4.69) is 15.6 Å². The zero-order valence-corrected chi connectivity index (χ0v) is 10.3. The number of esters is 1. The van der Waals surface area contributed by atoms with Crippen molar-refractivity contribution in [2.75, 3.05) is 31.2 Å². The molecule has 1 heterocycles. The highest BCUT2D eigenvalue weighted by atomic mass is 16.5. The normalized spacial score (nSPS) is 9.67. The summed E-state index contributed by atoms with van der Waals surface area (Å²) in [4.78, 5) is 26.6. The minimum Gasteiger partial charge on any atom is -0.462 e. The van der Waals surface area contributed by atoms with Gasteiger partial charge in [-0.05, 0) is 13.0 Å². The number of nitrogens with two attached hydrogens (primary N) is 1. The van der Waals surface area contributed by atoms with Crippen molar-refractivity contribution >= 4 is 23.4 Å². The highest BCUT2D eigenvalue weighted by molar-refractivity contribution is 5.95. The van der Waals surface area contributed by atoms with Gasteiger partial charge in [0.25, 0.3) is 0 Å². The molecule has 7 heteroatoms. The van der Waals surface area contributed by atoms with Crippen LogP contribution in [0.1, 0.15) is 17.3 Å². The maximum Gasteiger partial charge on any atom is 0.340 e. The molecule has 0 unspecified atom stereocenters. The highest BCUT2D eigenvalue weighted by Gasteiger charge is 2.12. The SMILES string of the molecule is CCOC(=O)c1cc(NCC(=O)NC)ncc1N. The third-order valence-corrected chi connectivity index (χ3v) is 2.14. The second-order valence-electron chi connectivity index (χ2n) is 3.40. The van der Waals surface area contributed by atoms with E-state index >= 15 is 0 Å². The van der Waals surface area contributed by atoms with Crippen molar-refractivity contribution in [2.24, 2.45) is 0 Å². The number of ether oxygens (including phenoxy) is 1. The van der Waals surface area contributed by atoms with E-state index in [0.717, 1.165) is 0 Å². The number of carbonyl (C=O) groups excluding carboxylic acids is 2. The molecular formula is C11H16N4O3. The van der Waals surface area contributed by atoms with Crippen molar-refractivity contribution in [3.05, 3.63) is 17.8 Å². The van der Waals surface area contributed by atoms with Crippen LogP contribution in [0.4, 0.5) is 11.5 Å². The fraction of sp³-hybridized carbons (Fsp3) is 0.364. The molecule has 1 amide bonds. The summed E-state index contributed by atoms with van der Waals surface area (Å²) in [6, 6.07) is 1.45. The summed E-state index contributed by atoms with van der Waals surface area (Å²) >= 11 is 0. The molecule has 0 radical (unpaired) electrons. The van der Waals surface area contributed by atoms with Crippen LogP contribution in [0, 0.1) is 0 Å². The van der Waals surface area contributed by atoms with Crippen molar-refractivity contribution in [3.63, 3.8) is 0 Å².